The Labute approximate surface area is 146 Å². The molecule has 1 aliphatic carbocycles. The molecule has 0 radical (unpaired) electrons. The van der Waals surface area contributed by atoms with Crippen LogP contribution in [0.5, 0.6) is 0 Å². The molecule has 2 aliphatic heterocycles. The molecular formula is C19H33N3O2. The van der Waals surface area contributed by atoms with Crippen LogP contribution in [-0.4, -0.2) is 54.0 Å². The monoisotopic (exact) mass is 335 g/mol. The second-order valence-corrected chi connectivity index (χ2v) is 7.99. The van der Waals surface area contributed by atoms with Crippen LogP contribution >= 0.6 is 0 Å². The molecule has 1 N–H and O–H groups in total. The first-order valence-corrected chi connectivity index (χ1v) is 9.97. The summed E-state index contributed by atoms with van der Waals surface area (Å²) in [6.07, 6.45) is 10.0. The van der Waals surface area contributed by atoms with Gasteiger partial charge in [-0.1, -0.05) is 19.8 Å². The minimum absolute atomic E-state index is 0.0478. The highest BCUT2D eigenvalue weighted by atomic mass is 16.2. The van der Waals surface area contributed by atoms with E-state index in [2.05, 4.69) is 17.1 Å². The Morgan fingerprint density at radius 1 is 0.958 bits per heavy atom. The van der Waals surface area contributed by atoms with Gasteiger partial charge < -0.3 is 15.1 Å². The van der Waals surface area contributed by atoms with Crippen molar-refractivity contribution in [1.82, 2.24) is 15.1 Å². The maximum absolute atomic E-state index is 12.5. The SMILES string of the molecule is CC1CCN(C(=O)CCNC(=O)N2CCCC3CCCCC32)CC1. The summed E-state index contributed by atoms with van der Waals surface area (Å²) in [7, 11) is 0. The van der Waals surface area contributed by atoms with Gasteiger partial charge in [0.2, 0.25) is 5.91 Å². The molecule has 5 nitrogen and oxygen atoms in total. The average molecular weight is 335 g/mol. The Bertz CT molecular complexity index is 444. The summed E-state index contributed by atoms with van der Waals surface area (Å²) >= 11 is 0. The predicted molar refractivity (Wildman–Crippen MR) is 94.7 cm³/mol. The lowest BCUT2D eigenvalue weighted by Gasteiger charge is -2.44. The molecule has 2 saturated heterocycles. The molecule has 24 heavy (non-hydrogen) atoms. The summed E-state index contributed by atoms with van der Waals surface area (Å²) in [5, 5.41) is 3.00. The standard InChI is InChI=1S/C19H33N3O2/c1-15-9-13-21(14-10-15)18(23)8-11-20-19(24)22-12-4-6-16-5-2-3-7-17(16)22/h15-17H,2-14H2,1H3,(H,20,24). The van der Waals surface area contributed by atoms with E-state index < -0.39 is 0 Å². The van der Waals surface area contributed by atoms with Crippen molar-refractivity contribution >= 4 is 11.9 Å². The molecule has 3 aliphatic rings. The molecule has 0 spiro atoms. The number of piperidine rings is 2. The van der Waals surface area contributed by atoms with Crippen LogP contribution in [-0.2, 0) is 4.79 Å². The highest BCUT2D eigenvalue weighted by Crippen LogP contribution is 2.35. The average Bonchev–Trinajstić information content (AvgIpc) is 2.61. The number of rotatable bonds is 3. The summed E-state index contributed by atoms with van der Waals surface area (Å²) in [5.74, 6) is 1.63. The highest BCUT2D eigenvalue weighted by molar-refractivity contribution is 5.78. The summed E-state index contributed by atoms with van der Waals surface area (Å²) < 4.78 is 0. The van der Waals surface area contributed by atoms with Crippen molar-refractivity contribution in [1.29, 1.82) is 0 Å². The van der Waals surface area contributed by atoms with Crippen molar-refractivity contribution in [3.63, 3.8) is 0 Å². The molecule has 2 heterocycles. The van der Waals surface area contributed by atoms with Crippen LogP contribution in [0.1, 0.15) is 64.7 Å². The number of hydrogen-bond acceptors (Lipinski definition) is 2. The molecule has 3 rings (SSSR count). The van der Waals surface area contributed by atoms with Crippen LogP contribution < -0.4 is 5.32 Å². The van der Waals surface area contributed by atoms with E-state index in [4.69, 9.17) is 0 Å². The fourth-order valence-corrected chi connectivity index (χ4v) is 4.67. The van der Waals surface area contributed by atoms with Crippen molar-refractivity contribution in [2.45, 2.75) is 70.8 Å². The number of nitrogens with zero attached hydrogens (tertiary/aromatic N) is 2. The number of urea groups is 1. The van der Waals surface area contributed by atoms with Crippen LogP contribution in [0.25, 0.3) is 0 Å². The normalized spacial score (nSPS) is 28.4. The molecule has 2 unspecified atom stereocenters. The van der Waals surface area contributed by atoms with E-state index in [-0.39, 0.29) is 11.9 Å². The van der Waals surface area contributed by atoms with Gasteiger partial charge in [0.25, 0.3) is 0 Å². The molecule has 1 saturated carbocycles. The van der Waals surface area contributed by atoms with Gasteiger partial charge in [0.05, 0.1) is 0 Å². The number of fused-ring (bicyclic) bond motifs is 1. The second-order valence-electron chi connectivity index (χ2n) is 7.99. The van der Waals surface area contributed by atoms with E-state index in [0.717, 1.165) is 51.2 Å². The first kappa shape index (κ1) is 17.6. The van der Waals surface area contributed by atoms with Crippen molar-refractivity contribution in [3.8, 4) is 0 Å². The summed E-state index contributed by atoms with van der Waals surface area (Å²) in [6.45, 7) is 5.36. The summed E-state index contributed by atoms with van der Waals surface area (Å²) in [6, 6.07) is 0.485. The third-order valence-electron chi connectivity index (χ3n) is 6.26. The Morgan fingerprint density at radius 3 is 2.46 bits per heavy atom. The maximum atomic E-state index is 12.5. The van der Waals surface area contributed by atoms with E-state index >= 15 is 0 Å². The van der Waals surface area contributed by atoms with Crippen molar-refractivity contribution in [2.75, 3.05) is 26.2 Å². The highest BCUT2D eigenvalue weighted by Gasteiger charge is 2.35. The third kappa shape index (κ3) is 4.22. The number of nitrogens with one attached hydrogen (secondary N) is 1. The second kappa shape index (κ2) is 8.21. The molecule has 3 amide bonds. The number of carbonyl (C=O) groups excluding carboxylic acids is 2. The van der Waals surface area contributed by atoms with Crippen LogP contribution in [0.2, 0.25) is 0 Å². The first-order valence-electron chi connectivity index (χ1n) is 9.97. The largest absolute Gasteiger partial charge is 0.343 e. The molecular weight excluding hydrogens is 302 g/mol. The topological polar surface area (TPSA) is 52.7 Å². The molecule has 0 aromatic heterocycles. The van der Waals surface area contributed by atoms with Gasteiger partial charge in [0.1, 0.15) is 0 Å². The van der Waals surface area contributed by atoms with Gasteiger partial charge in [0, 0.05) is 38.6 Å². The van der Waals surface area contributed by atoms with Gasteiger partial charge in [-0.3, -0.25) is 4.79 Å². The predicted octanol–water partition coefficient (Wildman–Crippen LogP) is 3.00. The molecule has 3 fully saturated rings. The number of carbonyl (C=O) groups is 2. The lowest BCUT2D eigenvalue weighted by atomic mass is 9.78. The van der Waals surface area contributed by atoms with Gasteiger partial charge in [-0.2, -0.15) is 0 Å². The Balaban J connectivity index is 1.41. The lowest BCUT2D eigenvalue weighted by molar-refractivity contribution is -0.132. The van der Waals surface area contributed by atoms with E-state index in [9.17, 15) is 9.59 Å². The number of hydrogen-bond donors (Lipinski definition) is 1. The third-order valence-corrected chi connectivity index (χ3v) is 6.26. The fraction of sp³-hybridized carbons (Fsp3) is 0.895. The molecule has 0 bridgehead atoms. The van der Waals surface area contributed by atoms with Crippen LogP contribution in [0.4, 0.5) is 4.79 Å². The van der Waals surface area contributed by atoms with Gasteiger partial charge >= 0.3 is 6.03 Å². The van der Waals surface area contributed by atoms with Crippen molar-refractivity contribution in [3.05, 3.63) is 0 Å². The van der Waals surface area contributed by atoms with Crippen LogP contribution in [0.15, 0.2) is 0 Å². The van der Waals surface area contributed by atoms with E-state index in [0.29, 0.717) is 24.9 Å². The molecule has 136 valence electrons. The van der Waals surface area contributed by atoms with Gasteiger partial charge in [0.15, 0.2) is 0 Å². The maximum Gasteiger partial charge on any atom is 0.317 e. The minimum Gasteiger partial charge on any atom is -0.343 e. The Kier molecular flexibility index (Phi) is 6.01. The summed E-state index contributed by atoms with van der Waals surface area (Å²) in [5.41, 5.74) is 0. The quantitative estimate of drug-likeness (QED) is 0.862. The van der Waals surface area contributed by atoms with Gasteiger partial charge in [-0.15, -0.1) is 0 Å². The Morgan fingerprint density at radius 2 is 1.67 bits per heavy atom. The molecule has 5 heteroatoms. The molecule has 0 aromatic carbocycles. The lowest BCUT2D eigenvalue weighted by Crippen LogP contribution is -2.53. The summed E-state index contributed by atoms with van der Waals surface area (Å²) in [4.78, 5) is 28.8. The van der Waals surface area contributed by atoms with Crippen LogP contribution in [0.3, 0.4) is 0 Å². The van der Waals surface area contributed by atoms with Gasteiger partial charge in [-0.25, -0.2) is 4.79 Å². The smallest absolute Gasteiger partial charge is 0.317 e. The van der Waals surface area contributed by atoms with Crippen molar-refractivity contribution in [2.24, 2.45) is 11.8 Å². The van der Waals surface area contributed by atoms with E-state index in [1.54, 1.807) is 0 Å². The van der Waals surface area contributed by atoms with Crippen molar-refractivity contribution < 1.29 is 9.59 Å². The zero-order valence-corrected chi connectivity index (χ0v) is 15.1. The number of likely N-dealkylation sites (tertiary alicyclic amines) is 2. The zero-order valence-electron chi connectivity index (χ0n) is 15.1. The zero-order chi connectivity index (χ0) is 16.9. The first-order chi connectivity index (χ1) is 11.6. The number of amides is 3. The minimum atomic E-state index is 0.0478. The van der Waals surface area contributed by atoms with Gasteiger partial charge in [-0.05, 0) is 50.4 Å². The van der Waals surface area contributed by atoms with Crippen LogP contribution in [0, 0.1) is 11.8 Å². The fourth-order valence-electron chi connectivity index (χ4n) is 4.67. The molecule has 0 aromatic rings. The van der Waals surface area contributed by atoms with E-state index in [1.165, 1.54) is 25.7 Å². The molecule has 2 atom stereocenters. The van der Waals surface area contributed by atoms with E-state index in [1.807, 2.05) is 4.90 Å². The Hall–Kier alpha value is -1.26.